The highest BCUT2D eigenvalue weighted by atomic mass is 16.5. The van der Waals surface area contributed by atoms with Crippen molar-refractivity contribution >= 4 is 5.82 Å². The lowest BCUT2D eigenvalue weighted by molar-refractivity contribution is 0.326. The van der Waals surface area contributed by atoms with Gasteiger partial charge >= 0.3 is 0 Å². The first-order valence-electron chi connectivity index (χ1n) is 5.58. The molecule has 0 spiro atoms. The van der Waals surface area contributed by atoms with E-state index in [1.165, 1.54) is 6.33 Å². The first-order chi connectivity index (χ1) is 7.61. The van der Waals surface area contributed by atoms with E-state index in [2.05, 4.69) is 22.2 Å². The largest absolute Gasteiger partial charge is 0.478 e. The number of hydrogen-bond acceptors (Lipinski definition) is 5. The molecule has 0 radical (unpaired) electrons. The minimum absolute atomic E-state index is 0.177. The van der Waals surface area contributed by atoms with E-state index in [9.17, 15) is 0 Å². The van der Waals surface area contributed by atoms with E-state index in [4.69, 9.17) is 10.5 Å². The van der Waals surface area contributed by atoms with Crippen molar-refractivity contribution in [3.05, 3.63) is 12.4 Å². The molecule has 2 unspecified atom stereocenters. The molecule has 0 fully saturated rings. The maximum absolute atomic E-state index is 5.73. The van der Waals surface area contributed by atoms with Crippen molar-refractivity contribution in [1.29, 1.82) is 0 Å². The highest BCUT2D eigenvalue weighted by Crippen LogP contribution is 2.12. The fourth-order valence-corrected chi connectivity index (χ4v) is 1.51. The Kier molecular flexibility index (Phi) is 4.98. The SMILES string of the molecule is CCOc1cc(NC(C)CC(C)N)ncn1. The van der Waals surface area contributed by atoms with Crippen LogP contribution in [0.25, 0.3) is 0 Å². The topological polar surface area (TPSA) is 73.1 Å². The molecule has 2 atom stereocenters. The summed E-state index contributed by atoms with van der Waals surface area (Å²) in [5, 5.41) is 3.26. The molecule has 0 aliphatic rings. The van der Waals surface area contributed by atoms with Crippen LogP contribution in [0.1, 0.15) is 27.2 Å². The van der Waals surface area contributed by atoms with Crippen LogP contribution in [0.15, 0.2) is 12.4 Å². The van der Waals surface area contributed by atoms with Crippen molar-refractivity contribution in [2.24, 2.45) is 5.73 Å². The van der Waals surface area contributed by atoms with E-state index in [0.717, 1.165) is 12.2 Å². The summed E-state index contributed by atoms with van der Waals surface area (Å²) in [5.41, 5.74) is 5.73. The molecular formula is C11H20N4O. The molecule has 0 amide bonds. The molecule has 1 aromatic heterocycles. The van der Waals surface area contributed by atoms with Crippen molar-refractivity contribution in [2.45, 2.75) is 39.3 Å². The van der Waals surface area contributed by atoms with Crippen molar-refractivity contribution in [1.82, 2.24) is 9.97 Å². The lowest BCUT2D eigenvalue weighted by atomic mass is 10.1. The summed E-state index contributed by atoms with van der Waals surface area (Å²) in [5.74, 6) is 1.36. The fourth-order valence-electron chi connectivity index (χ4n) is 1.51. The average molecular weight is 224 g/mol. The van der Waals surface area contributed by atoms with Gasteiger partial charge in [-0.1, -0.05) is 0 Å². The standard InChI is InChI=1S/C11H20N4O/c1-4-16-11-6-10(13-7-14-11)15-9(3)5-8(2)12/h6-9H,4-5,12H2,1-3H3,(H,13,14,15). The summed E-state index contributed by atoms with van der Waals surface area (Å²) in [6.45, 7) is 6.59. The Morgan fingerprint density at radius 1 is 1.44 bits per heavy atom. The molecule has 5 heteroatoms. The molecule has 5 nitrogen and oxygen atoms in total. The summed E-state index contributed by atoms with van der Waals surface area (Å²) in [4.78, 5) is 8.13. The normalized spacial score (nSPS) is 14.2. The van der Waals surface area contributed by atoms with E-state index in [1.807, 2.05) is 13.8 Å². The van der Waals surface area contributed by atoms with Gasteiger partial charge in [-0.15, -0.1) is 0 Å². The van der Waals surface area contributed by atoms with Gasteiger partial charge in [0, 0.05) is 18.2 Å². The summed E-state index contributed by atoms with van der Waals surface area (Å²) in [6, 6.07) is 2.25. The average Bonchev–Trinajstić information content (AvgIpc) is 2.17. The number of nitrogens with one attached hydrogen (secondary N) is 1. The molecule has 0 aliphatic heterocycles. The van der Waals surface area contributed by atoms with Gasteiger partial charge in [-0.25, -0.2) is 9.97 Å². The Bertz CT molecular complexity index is 317. The Labute approximate surface area is 96.4 Å². The molecule has 1 heterocycles. The van der Waals surface area contributed by atoms with Crippen LogP contribution in [0.3, 0.4) is 0 Å². The smallest absolute Gasteiger partial charge is 0.218 e. The third-order valence-electron chi connectivity index (χ3n) is 2.05. The monoisotopic (exact) mass is 224 g/mol. The Morgan fingerprint density at radius 3 is 2.81 bits per heavy atom. The molecule has 90 valence electrons. The van der Waals surface area contributed by atoms with Crippen molar-refractivity contribution in [3.63, 3.8) is 0 Å². The Morgan fingerprint density at radius 2 is 2.19 bits per heavy atom. The molecule has 0 aromatic carbocycles. The van der Waals surface area contributed by atoms with Crippen LogP contribution in [-0.2, 0) is 0 Å². The number of nitrogens with two attached hydrogens (primary N) is 1. The molecule has 0 saturated heterocycles. The van der Waals surface area contributed by atoms with Crippen molar-refractivity contribution < 1.29 is 4.74 Å². The van der Waals surface area contributed by atoms with Gasteiger partial charge in [-0.05, 0) is 27.2 Å². The zero-order valence-electron chi connectivity index (χ0n) is 10.1. The van der Waals surface area contributed by atoms with E-state index < -0.39 is 0 Å². The maximum Gasteiger partial charge on any atom is 0.218 e. The van der Waals surface area contributed by atoms with Gasteiger partial charge in [0.05, 0.1) is 6.61 Å². The summed E-state index contributed by atoms with van der Waals surface area (Å²) < 4.78 is 5.29. The van der Waals surface area contributed by atoms with Gasteiger partial charge in [0.25, 0.3) is 0 Å². The lowest BCUT2D eigenvalue weighted by Crippen LogP contribution is -2.26. The predicted octanol–water partition coefficient (Wildman–Crippen LogP) is 1.41. The molecule has 0 bridgehead atoms. The van der Waals surface area contributed by atoms with Crippen LogP contribution in [0.2, 0.25) is 0 Å². The Balaban J connectivity index is 2.55. The van der Waals surface area contributed by atoms with Crippen LogP contribution in [0.5, 0.6) is 5.88 Å². The quantitative estimate of drug-likeness (QED) is 0.764. The van der Waals surface area contributed by atoms with Crippen molar-refractivity contribution in [3.8, 4) is 5.88 Å². The minimum Gasteiger partial charge on any atom is -0.478 e. The number of nitrogens with zero attached hydrogens (tertiary/aromatic N) is 2. The highest BCUT2D eigenvalue weighted by Gasteiger charge is 2.06. The third-order valence-corrected chi connectivity index (χ3v) is 2.05. The van der Waals surface area contributed by atoms with Gasteiger partial charge < -0.3 is 15.8 Å². The second kappa shape index (κ2) is 6.27. The Hall–Kier alpha value is -1.36. The van der Waals surface area contributed by atoms with Gasteiger partial charge in [-0.2, -0.15) is 0 Å². The van der Waals surface area contributed by atoms with Crippen LogP contribution >= 0.6 is 0 Å². The fraction of sp³-hybridized carbons (Fsp3) is 0.636. The molecular weight excluding hydrogens is 204 g/mol. The highest BCUT2D eigenvalue weighted by molar-refractivity contribution is 5.37. The predicted molar refractivity (Wildman–Crippen MR) is 64.6 cm³/mol. The van der Waals surface area contributed by atoms with E-state index >= 15 is 0 Å². The molecule has 0 aliphatic carbocycles. The number of hydrogen-bond donors (Lipinski definition) is 2. The summed E-state index contributed by atoms with van der Waals surface area (Å²) in [7, 11) is 0. The van der Waals surface area contributed by atoms with Gasteiger partial charge in [0.1, 0.15) is 12.1 Å². The molecule has 16 heavy (non-hydrogen) atoms. The van der Waals surface area contributed by atoms with Gasteiger partial charge in [0.2, 0.25) is 5.88 Å². The van der Waals surface area contributed by atoms with Gasteiger partial charge in [-0.3, -0.25) is 0 Å². The van der Waals surface area contributed by atoms with Crippen LogP contribution < -0.4 is 15.8 Å². The van der Waals surface area contributed by atoms with Crippen LogP contribution in [0.4, 0.5) is 5.82 Å². The molecule has 1 rings (SSSR count). The zero-order valence-corrected chi connectivity index (χ0v) is 10.1. The second-order valence-electron chi connectivity index (χ2n) is 3.93. The van der Waals surface area contributed by atoms with E-state index in [-0.39, 0.29) is 12.1 Å². The molecule has 3 N–H and O–H groups in total. The lowest BCUT2D eigenvalue weighted by Gasteiger charge is -2.16. The minimum atomic E-state index is 0.177. The summed E-state index contributed by atoms with van der Waals surface area (Å²) in [6.07, 6.45) is 2.39. The van der Waals surface area contributed by atoms with Crippen molar-refractivity contribution in [2.75, 3.05) is 11.9 Å². The third kappa shape index (κ3) is 4.44. The number of anilines is 1. The molecule has 1 aromatic rings. The number of rotatable bonds is 6. The molecule has 0 saturated carbocycles. The maximum atomic E-state index is 5.73. The van der Waals surface area contributed by atoms with Crippen LogP contribution in [0, 0.1) is 0 Å². The van der Waals surface area contributed by atoms with E-state index in [0.29, 0.717) is 12.5 Å². The number of ether oxygens (including phenoxy) is 1. The first kappa shape index (κ1) is 12.7. The second-order valence-corrected chi connectivity index (χ2v) is 3.93. The van der Waals surface area contributed by atoms with Gasteiger partial charge in [0.15, 0.2) is 0 Å². The first-order valence-corrected chi connectivity index (χ1v) is 5.58. The van der Waals surface area contributed by atoms with E-state index in [1.54, 1.807) is 6.07 Å². The summed E-state index contributed by atoms with van der Waals surface area (Å²) >= 11 is 0. The number of aromatic nitrogens is 2. The zero-order chi connectivity index (χ0) is 12.0. The van der Waals surface area contributed by atoms with Crippen LogP contribution in [-0.4, -0.2) is 28.7 Å².